The van der Waals surface area contributed by atoms with Crippen LogP contribution in [0.3, 0.4) is 0 Å². The van der Waals surface area contributed by atoms with Gasteiger partial charge in [0.1, 0.15) is 5.75 Å². The molecule has 0 saturated carbocycles. The largest absolute Gasteiger partial charge is 0.494 e. The number of ether oxygens (including phenoxy) is 1. The summed E-state index contributed by atoms with van der Waals surface area (Å²) >= 11 is 4.89. The molecule has 1 rings (SSSR count). The third-order valence-electron chi connectivity index (χ3n) is 3.09. The maximum absolute atomic E-state index is 11.8. The first-order chi connectivity index (χ1) is 10.2. The monoisotopic (exact) mass is 308 g/mol. The lowest BCUT2D eigenvalue weighted by Gasteiger charge is -2.08. The molecule has 0 aliphatic rings. The Hall–Kier alpha value is -1.62. The van der Waals surface area contributed by atoms with Gasteiger partial charge in [0.05, 0.1) is 6.61 Å². The summed E-state index contributed by atoms with van der Waals surface area (Å²) in [6, 6.07) is 7.09. The van der Waals surface area contributed by atoms with Crippen molar-refractivity contribution in [2.45, 2.75) is 39.0 Å². The van der Waals surface area contributed by atoms with Gasteiger partial charge in [-0.2, -0.15) is 0 Å². The van der Waals surface area contributed by atoms with Gasteiger partial charge in [0.15, 0.2) is 5.11 Å². The molecule has 1 aromatic rings. The second-order valence-corrected chi connectivity index (χ2v) is 5.23. The first-order valence-corrected chi connectivity index (χ1v) is 7.84. The zero-order valence-corrected chi connectivity index (χ0v) is 13.6. The first-order valence-electron chi connectivity index (χ1n) is 7.43. The summed E-state index contributed by atoms with van der Waals surface area (Å²) in [5.74, 6) is 0.568. The second-order valence-electron chi connectivity index (χ2n) is 4.82. The highest BCUT2D eigenvalue weighted by Crippen LogP contribution is 2.13. The van der Waals surface area contributed by atoms with Gasteiger partial charge in [-0.1, -0.05) is 32.6 Å². The highest BCUT2D eigenvalue weighted by molar-refractivity contribution is 7.80. The average molecular weight is 308 g/mol. The van der Waals surface area contributed by atoms with Crippen LogP contribution in [0.2, 0.25) is 0 Å². The Morgan fingerprint density at radius 1 is 1.14 bits per heavy atom. The fraction of sp³-hybridized carbons (Fsp3) is 0.500. The molecule has 0 bridgehead atoms. The molecule has 116 valence electrons. The minimum Gasteiger partial charge on any atom is -0.494 e. The molecule has 0 aliphatic carbocycles. The van der Waals surface area contributed by atoms with Crippen LogP contribution >= 0.6 is 12.2 Å². The zero-order valence-electron chi connectivity index (χ0n) is 12.8. The molecular weight excluding hydrogens is 284 g/mol. The zero-order chi connectivity index (χ0) is 15.5. The third kappa shape index (κ3) is 7.09. The Morgan fingerprint density at radius 3 is 2.43 bits per heavy atom. The van der Waals surface area contributed by atoms with Crippen LogP contribution in [0.5, 0.6) is 5.75 Å². The van der Waals surface area contributed by atoms with Crippen LogP contribution in [0.15, 0.2) is 24.3 Å². The molecule has 1 amide bonds. The molecule has 1 aromatic carbocycles. The summed E-state index contributed by atoms with van der Waals surface area (Å²) in [5.41, 5.74) is 0.558. The minimum atomic E-state index is -0.222. The van der Waals surface area contributed by atoms with E-state index in [0.29, 0.717) is 10.7 Å². The summed E-state index contributed by atoms with van der Waals surface area (Å²) in [6.45, 7) is 2.93. The van der Waals surface area contributed by atoms with E-state index < -0.39 is 0 Å². The van der Waals surface area contributed by atoms with Crippen LogP contribution in [0.4, 0.5) is 0 Å². The lowest BCUT2D eigenvalue weighted by Crippen LogP contribution is -2.37. The summed E-state index contributed by atoms with van der Waals surface area (Å²) in [6.07, 6.45) is 6.08. The second kappa shape index (κ2) is 10.2. The van der Waals surface area contributed by atoms with Gasteiger partial charge in [-0.05, 0) is 42.9 Å². The fourth-order valence-electron chi connectivity index (χ4n) is 1.84. The van der Waals surface area contributed by atoms with Gasteiger partial charge in [0.2, 0.25) is 0 Å². The van der Waals surface area contributed by atoms with E-state index in [1.807, 2.05) is 12.1 Å². The Bertz CT molecular complexity index is 446. The number of thiocarbonyl (C=S) groups is 1. The minimum absolute atomic E-state index is 0.222. The van der Waals surface area contributed by atoms with Crippen molar-refractivity contribution in [2.75, 3.05) is 13.7 Å². The normalized spacial score (nSPS) is 10.0. The maximum Gasteiger partial charge on any atom is 0.257 e. The molecule has 21 heavy (non-hydrogen) atoms. The van der Waals surface area contributed by atoms with Crippen LogP contribution < -0.4 is 15.4 Å². The van der Waals surface area contributed by atoms with Gasteiger partial charge in [-0.15, -0.1) is 0 Å². The summed E-state index contributed by atoms with van der Waals surface area (Å²) < 4.78 is 5.65. The third-order valence-corrected chi connectivity index (χ3v) is 3.39. The van der Waals surface area contributed by atoms with Gasteiger partial charge in [-0.3, -0.25) is 10.1 Å². The number of carbonyl (C=O) groups excluding carboxylic acids is 1. The van der Waals surface area contributed by atoms with E-state index in [9.17, 15) is 4.79 Å². The van der Waals surface area contributed by atoms with Crippen molar-refractivity contribution in [3.05, 3.63) is 29.8 Å². The Kier molecular flexibility index (Phi) is 8.43. The highest BCUT2D eigenvalue weighted by Gasteiger charge is 2.06. The highest BCUT2D eigenvalue weighted by atomic mass is 32.1. The summed E-state index contributed by atoms with van der Waals surface area (Å²) in [5, 5.41) is 5.59. The molecule has 2 N–H and O–H groups in total. The average Bonchev–Trinajstić information content (AvgIpc) is 2.51. The molecule has 0 atom stereocenters. The van der Waals surface area contributed by atoms with Crippen molar-refractivity contribution in [3.8, 4) is 5.75 Å². The number of nitrogens with one attached hydrogen (secondary N) is 2. The van der Waals surface area contributed by atoms with Crippen molar-refractivity contribution in [2.24, 2.45) is 0 Å². The molecule has 0 radical (unpaired) electrons. The SMILES string of the molecule is CCCCCCCOc1ccc(C(=O)NC(=S)NC)cc1. The Balaban J connectivity index is 2.33. The van der Waals surface area contributed by atoms with Crippen LogP contribution in [0.25, 0.3) is 0 Å². The van der Waals surface area contributed by atoms with E-state index in [2.05, 4.69) is 17.6 Å². The molecule has 0 fully saturated rings. The van der Waals surface area contributed by atoms with Crippen molar-refractivity contribution in [3.63, 3.8) is 0 Å². The fourth-order valence-corrected chi connectivity index (χ4v) is 1.93. The Morgan fingerprint density at radius 2 is 1.81 bits per heavy atom. The van der Waals surface area contributed by atoms with E-state index in [1.54, 1.807) is 19.2 Å². The van der Waals surface area contributed by atoms with Gasteiger partial charge in [0.25, 0.3) is 5.91 Å². The predicted molar refractivity (Wildman–Crippen MR) is 89.8 cm³/mol. The number of amides is 1. The Labute approximate surface area is 132 Å². The van der Waals surface area contributed by atoms with Crippen LogP contribution in [0.1, 0.15) is 49.4 Å². The van der Waals surface area contributed by atoms with Crippen molar-refractivity contribution >= 4 is 23.2 Å². The van der Waals surface area contributed by atoms with Crippen LogP contribution in [-0.2, 0) is 0 Å². The molecule has 0 heterocycles. The van der Waals surface area contributed by atoms with E-state index in [0.717, 1.165) is 18.8 Å². The summed E-state index contributed by atoms with van der Waals surface area (Å²) in [4.78, 5) is 11.8. The van der Waals surface area contributed by atoms with E-state index in [4.69, 9.17) is 17.0 Å². The van der Waals surface area contributed by atoms with Gasteiger partial charge < -0.3 is 10.1 Å². The van der Waals surface area contributed by atoms with Crippen molar-refractivity contribution in [1.82, 2.24) is 10.6 Å². The predicted octanol–water partition coefficient (Wildman–Crippen LogP) is 3.27. The quantitative estimate of drug-likeness (QED) is 0.572. The number of unbranched alkanes of at least 4 members (excludes halogenated alkanes) is 4. The molecule has 5 heteroatoms. The number of rotatable bonds is 8. The lowest BCUT2D eigenvalue weighted by atomic mass is 10.2. The van der Waals surface area contributed by atoms with Crippen LogP contribution in [-0.4, -0.2) is 24.7 Å². The molecule has 0 unspecified atom stereocenters. The standard InChI is InChI=1S/C16H24N2O2S/c1-3-4-5-6-7-12-20-14-10-8-13(9-11-14)15(19)18-16(21)17-2/h8-11H,3-7,12H2,1-2H3,(H2,17,18,19,21). The van der Waals surface area contributed by atoms with Crippen molar-refractivity contribution in [1.29, 1.82) is 0 Å². The number of benzene rings is 1. The summed E-state index contributed by atoms with van der Waals surface area (Å²) in [7, 11) is 1.67. The maximum atomic E-state index is 11.8. The van der Waals surface area contributed by atoms with E-state index >= 15 is 0 Å². The van der Waals surface area contributed by atoms with Crippen molar-refractivity contribution < 1.29 is 9.53 Å². The molecule has 0 spiro atoms. The number of hydrogen-bond donors (Lipinski definition) is 2. The lowest BCUT2D eigenvalue weighted by molar-refractivity contribution is 0.0977. The number of carbonyl (C=O) groups is 1. The van der Waals surface area contributed by atoms with Gasteiger partial charge >= 0.3 is 0 Å². The van der Waals surface area contributed by atoms with Gasteiger partial charge in [0, 0.05) is 12.6 Å². The molecule has 0 aliphatic heterocycles. The van der Waals surface area contributed by atoms with Gasteiger partial charge in [-0.25, -0.2) is 0 Å². The smallest absolute Gasteiger partial charge is 0.257 e. The molecule has 0 aromatic heterocycles. The topological polar surface area (TPSA) is 50.4 Å². The first kappa shape index (κ1) is 17.4. The molecule has 0 saturated heterocycles. The van der Waals surface area contributed by atoms with Crippen LogP contribution in [0, 0.1) is 0 Å². The van der Waals surface area contributed by atoms with E-state index in [1.165, 1.54) is 25.7 Å². The molecular formula is C16H24N2O2S. The number of hydrogen-bond acceptors (Lipinski definition) is 3. The molecule has 4 nitrogen and oxygen atoms in total. The van der Waals surface area contributed by atoms with E-state index in [-0.39, 0.29) is 5.91 Å².